The van der Waals surface area contributed by atoms with Crippen molar-refractivity contribution < 1.29 is 4.74 Å². The van der Waals surface area contributed by atoms with Gasteiger partial charge in [-0.25, -0.2) is 13.9 Å². The van der Waals surface area contributed by atoms with Gasteiger partial charge in [-0.3, -0.25) is 4.98 Å². The summed E-state index contributed by atoms with van der Waals surface area (Å²) in [6, 6.07) is 7.14. The van der Waals surface area contributed by atoms with E-state index in [1.54, 1.807) is 24.5 Å². The molecule has 0 saturated heterocycles. The maximum Gasteiger partial charge on any atom is 0.350 e. The smallest absolute Gasteiger partial charge is 0.350 e. The Morgan fingerprint density at radius 1 is 1.35 bits per heavy atom. The molecule has 0 unspecified atom stereocenters. The third-order valence-corrected chi connectivity index (χ3v) is 2.82. The molecule has 0 aliphatic carbocycles. The standard InChI is InChI=1S/C13H13N5O2/c14-10-2-1-3-11(8-10)20-7-6-18-13(19)17-5-4-15-9-12(17)16-18/h1-5,8-9H,6-7,14H2. The summed E-state index contributed by atoms with van der Waals surface area (Å²) in [5.41, 5.74) is 6.60. The first-order chi connectivity index (χ1) is 9.74. The highest BCUT2D eigenvalue weighted by atomic mass is 16.5. The van der Waals surface area contributed by atoms with Gasteiger partial charge in [-0.2, -0.15) is 0 Å². The van der Waals surface area contributed by atoms with Gasteiger partial charge in [0, 0.05) is 24.1 Å². The monoisotopic (exact) mass is 271 g/mol. The summed E-state index contributed by atoms with van der Waals surface area (Å²) in [6.07, 6.45) is 4.67. The van der Waals surface area contributed by atoms with Crippen LogP contribution in [0.25, 0.3) is 5.65 Å². The number of hydrogen-bond acceptors (Lipinski definition) is 5. The molecule has 0 aliphatic heterocycles. The molecule has 2 heterocycles. The van der Waals surface area contributed by atoms with Crippen molar-refractivity contribution in [1.82, 2.24) is 19.2 Å². The second-order valence-corrected chi connectivity index (χ2v) is 4.23. The predicted molar refractivity (Wildman–Crippen MR) is 73.6 cm³/mol. The Morgan fingerprint density at radius 3 is 3.05 bits per heavy atom. The second-order valence-electron chi connectivity index (χ2n) is 4.23. The molecule has 3 rings (SSSR count). The average Bonchev–Trinajstić information content (AvgIpc) is 2.76. The van der Waals surface area contributed by atoms with E-state index in [0.717, 1.165) is 0 Å². The number of benzene rings is 1. The first kappa shape index (κ1) is 12.2. The van der Waals surface area contributed by atoms with Gasteiger partial charge < -0.3 is 10.5 Å². The van der Waals surface area contributed by atoms with Gasteiger partial charge in [-0.05, 0) is 12.1 Å². The Labute approximate surface area is 114 Å². The molecule has 102 valence electrons. The maximum absolute atomic E-state index is 12.0. The molecule has 7 heteroatoms. The number of aromatic nitrogens is 4. The minimum atomic E-state index is -0.210. The number of rotatable bonds is 4. The zero-order chi connectivity index (χ0) is 13.9. The topological polar surface area (TPSA) is 87.4 Å². The first-order valence-electron chi connectivity index (χ1n) is 6.11. The van der Waals surface area contributed by atoms with Crippen LogP contribution < -0.4 is 16.2 Å². The summed E-state index contributed by atoms with van der Waals surface area (Å²) in [4.78, 5) is 15.9. The number of fused-ring (bicyclic) bond motifs is 1. The van der Waals surface area contributed by atoms with Crippen molar-refractivity contribution >= 4 is 11.3 Å². The predicted octanol–water partition coefficient (Wildman–Crippen LogP) is 0.552. The van der Waals surface area contributed by atoms with Crippen molar-refractivity contribution in [2.45, 2.75) is 6.54 Å². The van der Waals surface area contributed by atoms with Crippen molar-refractivity contribution in [3.8, 4) is 5.75 Å². The molecule has 2 aromatic heterocycles. The lowest BCUT2D eigenvalue weighted by molar-refractivity contribution is 0.289. The molecule has 0 bridgehead atoms. The van der Waals surface area contributed by atoms with Crippen LogP contribution in [0.1, 0.15) is 0 Å². The maximum atomic E-state index is 12.0. The van der Waals surface area contributed by atoms with Gasteiger partial charge in [-0.1, -0.05) is 6.07 Å². The van der Waals surface area contributed by atoms with Gasteiger partial charge in [-0.15, -0.1) is 5.10 Å². The largest absolute Gasteiger partial charge is 0.492 e. The quantitative estimate of drug-likeness (QED) is 0.700. The van der Waals surface area contributed by atoms with Crippen LogP contribution in [0.2, 0.25) is 0 Å². The summed E-state index contributed by atoms with van der Waals surface area (Å²) in [6.45, 7) is 0.690. The normalized spacial score (nSPS) is 10.8. The number of anilines is 1. The van der Waals surface area contributed by atoms with Crippen LogP contribution in [0.15, 0.2) is 47.7 Å². The van der Waals surface area contributed by atoms with Gasteiger partial charge in [0.05, 0.1) is 12.7 Å². The van der Waals surface area contributed by atoms with E-state index in [9.17, 15) is 4.79 Å². The summed E-state index contributed by atoms with van der Waals surface area (Å²) < 4.78 is 8.33. The number of nitrogens with zero attached hydrogens (tertiary/aromatic N) is 4. The van der Waals surface area contributed by atoms with E-state index >= 15 is 0 Å². The fourth-order valence-electron chi connectivity index (χ4n) is 1.88. The Kier molecular flexibility index (Phi) is 3.08. The van der Waals surface area contributed by atoms with Gasteiger partial charge in [0.1, 0.15) is 12.4 Å². The Hall–Kier alpha value is -2.83. The first-order valence-corrected chi connectivity index (χ1v) is 6.11. The number of nitrogen functional groups attached to an aromatic ring is 1. The molecule has 0 fully saturated rings. The summed E-state index contributed by atoms with van der Waals surface area (Å²) in [5, 5.41) is 4.16. The molecule has 3 aromatic rings. The number of ether oxygens (including phenoxy) is 1. The zero-order valence-corrected chi connectivity index (χ0v) is 10.6. The minimum absolute atomic E-state index is 0.210. The molecule has 0 saturated carbocycles. The van der Waals surface area contributed by atoms with Crippen molar-refractivity contribution in [1.29, 1.82) is 0 Å². The molecule has 2 N–H and O–H groups in total. The fraction of sp³-hybridized carbons (Fsp3) is 0.154. The van der Waals surface area contributed by atoms with E-state index in [1.807, 2.05) is 12.1 Å². The fourth-order valence-corrected chi connectivity index (χ4v) is 1.88. The minimum Gasteiger partial charge on any atom is -0.492 e. The molecular weight excluding hydrogens is 258 g/mol. The zero-order valence-electron chi connectivity index (χ0n) is 10.6. The van der Waals surface area contributed by atoms with Crippen LogP contribution >= 0.6 is 0 Å². The Bertz CT molecular complexity index is 793. The van der Waals surface area contributed by atoms with Crippen molar-refractivity contribution in [3.05, 3.63) is 53.3 Å². The van der Waals surface area contributed by atoms with Crippen LogP contribution in [0, 0.1) is 0 Å². The molecule has 0 amide bonds. The van der Waals surface area contributed by atoms with Crippen molar-refractivity contribution in [3.63, 3.8) is 0 Å². The van der Waals surface area contributed by atoms with Gasteiger partial charge in [0.15, 0.2) is 5.65 Å². The lowest BCUT2D eigenvalue weighted by Gasteiger charge is -2.05. The third-order valence-electron chi connectivity index (χ3n) is 2.82. The summed E-state index contributed by atoms with van der Waals surface area (Å²) in [7, 11) is 0. The second kappa shape index (κ2) is 5.04. The molecule has 0 spiro atoms. The van der Waals surface area contributed by atoms with Crippen LogP contribution in [-0.2, 0) is 6.54 Å². The lowest BCUT2D eigenvalue weighted by atomic mass is 10.3. The van der Waals surface area contributed by atoms with E-state index in [0.29, 0.717) is 30.2 Å². The molecule has 1 aromatic carbocycles. The van der Waals surface area contributed by atoms with Gasteiger partial charge in [0.2, 0.25) is 0 Å². The van der Waals surface area contributed by atoms with Gasteiger partial charge >= 0.3 is 5.69 Å². The Morgan fingerprint density at radius 2 is 2.25 bits per heavy atom. The molecule has 7 nitrogen and oxygen atoms in total. The average molecular weight is 271 g/mol. The van der Waals surface area contributed by atoms with Gasteiger partial charge in [0.25, 0.3) is 0 Å². The molecule has 0 aliphatic rings. The van der Waals surface area contributed by atoms with E-state index < -0.39 is 0 Å². The third kappa shape index (κ3) is 2.33. The molecule has 0 atom stereocenters. The van der Waals surface area contributed by atoms with E-state index in [-0.39, 0.29) is 5.69 Å². The van der Waals surface area contributed by atoms with Crippen LogP contribution in [0.4, 0.5) is 5.69 Å². The lowest BCUT2D eigenvalue weighted by Crippen LogP contribution is -2.23. The summed E-state index contributed by atoms with van der Waals surface area (Å²) in [5.74, 6) is 0.670. The SMILES string of the molecule is Nc1cccc(OCCn2nc3cnccn3c2=O)c1. The molecule has 20 heavy (non-hydrogen) atoms. The molecule has 0 radical (unpaired) electrons. The molecular formula is C13H13N5O2. The van der Waals surface area contributed by atoms with E-state index in [2.05, 4.69) is 10.1 Å². The van der Waals surface area contributed by atoms with Crippen LogP contribution in [0.3, 0.4) is 0 Å². The number of hydrogen-bond donors (Lipinski definition) is 1. The highest BCUT2D eigenvalue weighted by Crippen LogP contribution is 2.14. The van der Waals surface area contributed by atoms with Crippen LogP contribution in [0.5, 0.6) is 5.75 Å². The van der Waals surface area contributed by atoms with E-state index in [1.165, 1.54) is 15.3 Å². The highest BCUT2D eigenvalue weighted by molar-refractivity contribution is 5.43. The van der Waals surface area contributed by atoms with Crippen molar-refractivity contribution in [2.75, 3.05) is 12.3 Å². The summed E-state index contributed by atoms with van der Waals surface area (Å²) >= 11 is 0. The van der Waals surface area contributed by atoms with E-state index in [4.69, 9.17) is 10.5 Å². The van der Waals surface area contributed by atoms with Crippen molar-refractivity contribution in [2.24, 2.45) is 0 Å². The Balaban J connectivity index is 1.71. The highest BCUT2D eigenvalue weighted by Gasteiger charge is 2.06. The van der Waals surface area contributed by atoms with Crippen LogP contribution in [-0.4, -0.2) is 25.8 Å². The number of nitrogens with two attached hydrogens (primary N) is 1.